The van der Waals surface area contributed by atoms with Crippen molar-refractivity contribution in [2.24, 2.45) is 5.92 Å². The van der Waals surface area contributed by atoms with Gasteiger partial charge in [0.25, 0.3) is 0 Å². The van der Waals surface area contributed by atoms with Crippen molar-refractivity contribution < 1.29 is 0 Å². The van der Waals surface area contributed by atoms with Crippen LogP contribution in [-0.4, -0.2) is 28.5 Å². The second-order valence-corrected chi connectivity index (χ2v) is 8.68. The Morgan fingerprint density at radius 3 is 2.58 bits per heavy atom. The zero-order valence-electron chi connectivity index (χ0n) is 19.5. The van der Waals surface area contributed by atoms with Gasteiger partial charge in [0.05, 0.1) is 23.3 Å². The Kier molecular flexibility index (Phi) is 8.22. The number of benzene rings is 1. The number of unbranched alkanes of at least 4 members (excludes halogenated alkanes) is 2. The Balaban J connectivity index is 1.92. The fraction of sp³-hybridized carbons (Fsp3) is 0.429. The summed E-state index contributed by atoms with van der Waals surface area (Å²) in [5.74, 6) is 1.08. The standard InChI is InChI=1S/C28H37N3/c1-6-9-11-14-23(12-8-3)25-20-31(5)21(4)27-28(25)29-19-26(30-27)24-17-15-22(16-18-24)13-10-7-2/h7,10,13,15-19,23,25H,2,4,6,8-9,11-12,14,20H2,1,3,5H3/b13-10+. The Morgan fingerprint density at radius 2 is 1.90 bits per heavy atom. The molecule has 164 valence electrons. The number of nitrogens with zero attached hydrogens (tertiary/aromatic N) is 3. The van der Waals surface area contributed by atoms with Crippen molar-refractivity contribution in [3.8, 4) is 11.3 Å². The van der Waals surface area contributed by atoms with E-state index in [1.54, 1.807) is 6.08 Å². The largest absolute Gasteiger partial charge is 0.373 e. The lowest BCUT2D eigenvalue weighted by Crippen LogP contribution is -2.34. The van der Waals surface area contributed by atoms with Crippen molar-refractivity contribution in [3.05, 3.63) is 72.7 Å². The Labute approximate surface area is 188 Å². The van der Waals surface area contributed by atoms with E-state index in [0.717, 1.165) is 40.5 Å². The first-order valence-electron chi connectivity index (χ1n) is 11.8. The second kappa shape index (κ2) is 11.1. The molecular formula is C28H37N3. The summed E-state index contributed by atoms with van der Waals surface area (Å²) in [6, 6.07) is 8.42. The molecule has 0 amide bonds. The van der Waals surface area contributed by atoms with Gasteiger partial charge in [-0.1, -0.05) is 102 Å². The van der Waals surface area contributed by atoms with Gasteiger partial charge in [-0.3, -0.25) is 4.98 Å². The van der Waals surface area contributed by atoms with Crippen LogP contribution < -0.4 is 0 Å². The van der Waals surface area contributed by atoms with Gasteiger partial charge in [-0.2, -0.15) is 0 Å². The van der Waals surface area contributed by atoms with Crippen molar-refractivity contribution in [2.75, 3.05) is 13.6 Å². The van der Waals surface area contributed by atoms with Gasteiger partial charge >= 0.3 is 0 Å². The minimum atomic E-state index is 0.426. The summed E-state index contributed by atoms with van der Waals surface area (Å²) in [4.78, 5) is 12.3. The number of likely N-dealkylation sites (N-methyl/N-ethyl adjacent to an activating group) is 1. The summed E-state index contributed by atoms with van der Waals surface area (Å²) in [6.07, 6.45) is 15.3. The van der Waals surface area contributed by atoms with Crippen LogP contribution in [0.3, 0.4) is 0 Å². The summed E-state index contributed by atoms with van der Waals surface area (Å²) >= 11 is 0. The molecule has 3 nitrogen and oxygen atoms in total. The summed E-state index contributed by atoms with van der Waals surface area (Å²) in [7, 11) is 2.14. The predicted octanol–water partition coefficient (Wildman–Crippen LogP) is 7.34. The smallest absolute Gasteiger partial charge is 0.108 e. The number of aromatic nitrogens is 2. The van der Waals surface area contributed by atoms with E-state index in [1.165, 1.54) is 38.5 Å². The minimum absolute atomic E-state index is 0.426. The molecule has 3 rings (SSSR count). The molecule has 2 aromatic rings. The summed E-state index contributed by atoms with van der Waals surface area (Å²) < 4.78 is 0. The highest BCUT2D eigenvalue weighted by molar-refractivity contribution is 5.68. The highest BCUT2D eigenvalue weighted by Gasteiger charge is 2.33. The Bertz CT molecular complexity index is 910. The first-order chi connectivity index (χ1) is 15.1. The normalized spacial score (nSPS) is 17.1. The number of fused-ring (bicyclic) bond motifs is 1. The summed E-state index contributed by atoms with van der Waals surface area (Å²) in [6.45, 7) is 13.6. The maximum Gasteiger partial charge on any atom is 0.108 e. The lowest BCUT2D eigenvalue weighted by atomic mass is 9.79. The van der Waals surface area contributed by atoms with Gasteiger partial charge in [0.1, 0.15) is 5.69 Å². The molecule has 0 saturated heterocycles. The third-order valence-electron chi connectivity index (χ3n) is 6.39. The van der Waals surface area contributed by atoms with E-state index in [2.05, 4.69) is 63.2 Å². The van der Waals surface area contributed by atoms with Gasteiger partial charge in [-0.25, -0.2) is 4.98 Å². The third-order valence-corrected chi connectivity index (χ3v) is 6.39. The van der Waals surface area contributed by atoms with E-state index in [-0.39, 0.29) is 0 Å². The number of allylic oxidation sites excluding steroid dienone is 2. The van der Waals surface area contributed by atoms with E-state index in [0.29, 0.717) is 11.8 Å². The zero-order chi connectivity index (χ0) is 22.2. The highest BCUT2D eigenvalue weighted by Crippen LogP contribution is 2.40. The average molecular weight is 416 g/mol. The molecule has 0 saturated carbocycles. The van der Waals surface area contributed by atoms with Crippen LogP contribution in [0.5, 0.6) is 0 Å². The molecule has 1 aliphatic heterocycles. The van der Waals surface area contributed by atoms with E-state index in [9.17, 15) is 0 Å². The molecule has 0 fully saturated rings. The molecule has 0 N–H and O–H groups in total. The molecule has 2 atom stereocenters. The fourth-order valence-corrected chi connectivity index (χ4v) is 4.58. The summed E-state index contributed by atoms with van der Waals surface area (Å²) in [5, 5.41) is 0. The molecule has 1 aromatic heterocycles. The van der Waals surface area contributed by atoms with E-state index in [1.807, 2.05) is 18.3 Å². The Hall–Kier alpha value is -2.68. The number of hydrogen-bond acceptors (Lipinski definition) is 3. The van der Waals surface area contributed by atoms with Crippen LogP contribution in [0.4, 0.5) is 0 Å². The average Bonchev–Trinajstić information content (AvgIpc) is 2.80. The molecular weight excluding hydrogens is 378 g/mol. The highest BCUT2D eigenvalue weighted by atomic mass is 15.1. The SMILES string of the molecule is C=C/C=C/c1ccc(-c2cnc3c(n2)C(=C)N(C)CC3C(CCC)CCCCC)cc1. The van der Waals surface area contributed by atoms with Gasteiger partial charge in [0.15, 0.2) is 0 Å². The van der Waals surface area contributed by atoms with Gasteiger partial charge in [0, 0.05) is 25.1 Å². The third kappa shape index (κ3) is 5.52. The molecule has 2 unspecified atom stereocenters. The monoisotopic (exact) mass is 415 g/mol. The Morgan fingerprint density at radius 1 is 1.13 bits per heavy atom. The second-order valence-electron chi connectivity index (χ2n) is 8.68. The van der Waals surface area contributed by atoms with Crippen molar-refractivity contribution in [1.29, 1.82) is 0 Å². The van der Waals surface area contributed by atoms with Crippen LogP contribution in [0, 0.1) is 5.92 Å². The van der Waals surface area contributed by atoms with E-state index < -0.39 is 0 Å². The molecule has 2 heterocycles. The van der Waals surface area contributed by atoms with Crippen LogP contribution in [0.25, 0.3) is 23.0 Å². The number of rotatable bonds is 10. The van der Waals surface area contributed by atoms with Gasteiger partial charge in [-0.15, -0.1) is 0 Å². The number of hydrogen-bond donors (Lipinski definition) is 0. The topological polar surface area (TPSA) is 29.0 Å². The molecule has 0 spiro atoms. The molecule has 0 radical (unpaired) electrons. The predicted molar refractivity (Wildman–Crippen MR) is 134 cm³/mol. The van der Waals surface area contributed by atoms with Crippen molar-refractivity contribution in [3.63, 3.8) is 0 Å². The summed E-state index contributed by atoms with van der Waals surface area (Å²) in [5.41, 5.74) is 6.24. The maximum atomic E-state index is 5.06. The van der Waals surface area contributed by atoms with Crippen LogP contribution in [-0.2, 0) is 0 Å². The van der Waals surface area contributed by atoms with Gasteiger partial charge in [0.2, 0.25) is 0 Å². The first-order valence-corrected chi connectivity index (χ1v) is 11.8. The van der Waals surface area contributed by atoms with Crippen LogP contribution in [0.1, 0.15) is 75.2 Å². The molecule has 1 aliphatic rings. The van der Waals surface area contributed by atoms with Crippen LogP contribution in [0.2, 0.25) is 0 Å². The lowest BCUT2D eigenvalue weighted by molar-refractivity contribution is 0.285. The molecule has 31 heavy (non-hydrogen) atoms. The van der Waals surface area contributed by atoms with Gasteiger partial charge < -0.3 is 4.90 Å². The van der Waals surface area contributed by atoms with E-state index >= 15 is 0 Å². The maximum absolute atomic E-state index is 5.06. The molecule has 1 aromatic carbocycles. The van der Waals surface area contributed by atoms with Crippen molar-refractivity contribution in [2.45, 2.75) is 58.3 Å². The first kappa shape index (κ1) is 23.0. The lowest BCUT2D eigenvalue weighted by Gasteiger charge is -2.38. The minimum Gasteiger partial charge on any atom is -0.373 e. The van der Waals surface area contributed by atoms with E-state index in [4.69, 9.17) is 9.97 Å². The fourth-order valence-electron chi connectivity index (χ4n) is 4.58. The van der Waals surface area contributed by atoms with Crippen LogP contribution >= 0.6 is 0 Å². The molecule has 3 heteroatoms. The molecule has 0 bridgehead atoms. The van der Waals surface area contributed by atoms with Gasteiger partial charge in [-0.05, 0) is 17.9 Å². The van der Waals surface area contributed by atoms with Crippen LogP contribution in [0.15, 0.2) is 55.8 Å². The molecule has 0 aliphatic carbocycles. The van der Waals surface area contributed by atoms with Crippen molar-refractivity contribution in [1.82, 2.24) is 14.9 Å². The zero-order valence-corrected chi connectivity index (χ0v) is 19.5. The quantitative estimate of drug-likeness (QED) is 0.300. The van der Waals surface area contributed by atoms with Crippen molar-refractivity contribution >= 4 is 11.8 Å².